The number of benzene rings is 2. The molecule has 0 saturated carbocycles. The molecule has 4 heteroatoms. The van der Waals surface area contributed by atoms with E-state index in [4.69, 9.17) is 5.11 Å². The summed E-state index contributed by atoms with van der Waals surface area (Å²) in [6.45, 7) is 2.12. The number of nitrogens with one attached hydrogen (secondary N) is 1. The van der Waals surface area contributed by atoms with E-state index in [2.05, 4.69) is 12.2 Å². The summed E-state index contributed by atoms with van der Waals surface area (Å²) in [6.07, 6.45) is 2.09. The summed E-state index contributed by atoms with van der Waals surface area (Å²) in [6, 6.07) is 13.6. The van der Waals surface area contributed by atoms with Gasteiger partial charge in [0, 0.05) is 11.3 Å². The smallest absolute Gasteiger partial charge is 0.335 e. The van der Waals surface area contributed by atoms with E-state index >= 15 is 0 Å². The average molecular weight is 283 g/mol. The number of anilines is 1. The van der Waals surface area contributed by atoms with Crippen LogP contribution in [-0.4, -0.2) is 17.0 Å². The van der Waals surface area contributed by atoms with E-state index in [1.807, 2.05) is 24.3 Å². The van der Waals surface area contributed by atoms with Gasteiger partial charge in [0.05, 0.1) is 5.56 Å². The van der Waals surface area contributed by atoms with Crippen LogP contribution in [0.25, 0.3) is 0 Å². The summed E-state index contributed by atoms with van der Waals surface area (Å²) in [4.78, 5) is 23.0. The lowest BCUT2D eigenvalue weighted by Crippen LogP contribution is -2.12. The lowest BCUT2D eigenvalue weighted by atomic mass is 10.1. The molecule has 0 spiro atoms. The quantitative estimate of drug-likeness (QED) is 0.881. The van der Waals surface area contributed by atoms with Gasteiger partial charge in [-0.2, -0.15) is 0 Å². The van der Waals surface area contributed by atoms with E-state index in [9.17, 15) is 9.59 Å². The Kier molecular flexibility index (Phi) is 4.72. The molecule has 108 valence electrons. The second kappa shape index (κ2) is 6.70. The number of carbonyl (C=O) groups is 2. The van der Waals surface area contributed by atoms with E-state index in [0.29, 0.717) is 11.3 Å². The van der Waals surface area contributed by atoms with Gasteiger partial charge in [0.25, 0.3) is 5.91 Å². The molecule has 21 heavy (non-hydrogen) atoms. The molecular weight excluding hydrogens is 266 g/mol. The summed E-state index contributed by atoms with van der Waals surface area (Å²) in [5, 5.41) is 11.7. The Hall–Kier alpha value is -2.62. The predicted octanol–water partition coefficient (Wildman–Crippen LogP) is 3.59. The molecule has 0 aromatic heterocycles. The van der Waals surface area contributed by atoms with Crippen molar-refractivity contribution in [1.82, 2.24) is 0 Å². The van der Waals surface area contributed by atoms with Gasteiger partial charge in [0.2, 0.25) is 0 Å². The van der Waals surface area contributed by atoms with E-state index in [0.717, 1.165) is 12.8 Å². The Morgan fingerprint density at radius 3 is 2.33 bits per heavy atom. The third-order valence-electron chi connectivity index (χ3n) is 3.12. The molecule has 0 unspecified atom stereocenters. The van der Waals surface area contributed by atoms with Gasteiger partial charge in [-0.05, 0) is 42.3 Å². The Morgan fingerprint density at radius 1 is 1.05 bits per heavy atom. The molecule has 0 radical (unpaired) electrons. The molecule has 0 aliphatic heterocycles. The van der Waals surface area contributed by atoms with Crippen molar-refractivity contribution in [3.63, 3.8) is 0 Å². The highest BCUT2D eigenvalue weighted by atomic mass is 16.4. The number of carbonyl (C=O) groups excluding carboxylic acids is 1. The van der Waals surface area contributed by atoms with Crippen molar-refractivity contribution < 1.29 is 14.7 Å². The number of rotatable bonds is 5. The second-order valence-electron chi connectivity index (χ2n) is 4.79. The van der Waals surface area contributed by atoms with Crippen LogP contribution in [0.5, 0.6) is 0 Å². The molecule has 2 aromatic rings. The van der Waals surface area contributed by atoms with Crippen molar-refractivity contribution in [3.05, 3.63) is 65.2 Å². The first-order valence-electron chi connectivity index (χ1n) is 6.84. The van der Waals surface area contributed by atoms with E-state index in [-0.39, 0.29) is 11.5 Å². The molecule has 0 atom stereocenters. The molecule has 0 aliphatic rings. The topological polar surface area (TPSA) is 66.4 Å². The lowest BCUT2D eigenvalue weighted by Gasteiger charge is -2.07. The van der Waals surface area contributed by atoms with Gasteiger partial charge in [-0.25, -0.2) is 4.79 Å². The second-order valence-corrected chi connectivity index (χ2v) is 4.79. The number of hydrogen-bond donors (Lipinski definition) is 2. The molecule has 0 saturated heterocycles. The van der Waals surface area contributed by atoms with Crippen LogP contribution in [0.1, 0.15) is 39.6 Å². The van der Waals surface area contributed by atoms with E-state index < -0.39 is 5.97 Å². The largest absolute Gasteiger partial charge is 0.478 e. The monoisotopic (exact) mass is 283 g/mol. The van der Waals surface area contributed by atoms with Crippen molar-refractivity contribution in [2.45, 2.75) is 19.8 Å². The van der Waals surface area contributed by atoms with Crippen LogP contribution < -0.4 is 5.32 Å². The zero-order chi connectivity index (χ0) is 15.2. The van der Waals surface area contributed by atoms with Gasteiger partial charge < -0.3 is 10.4 Å². The van der Waals surface area contributed by atoms with E-state index in [1.54, 1.807) is 12.1 Å². The highest BCUT2D eigenvalue weighted by Gasteiger charge is 2.09. The van der Waals surface area contributed by atoms with Gasteiger partial charge in [-0.1, -0.05) is 31.5 Å². The summed E-state index contributed by atoms with van der Waals surface area (Å²) < 4.78 is 0. The minimum Gasteiger partial charge on any atom is -0.478 e. The normalized spacial score (nSPS) is 10.1. The number of amides is 1. The predicted molar refractivity (Wildman–Crippen MR) is 81.8 cm³/mol. The fourth-order valence-corrected chi connectivity index (χ4v) is 2.04. The first-order valence-corrected chi connectivity index (χ1v) is 6.84. The minimum atomic E-state index is -1.05. The number of carboxylic acids is 1. The molecule has 2 rings (SSSR count). The lowest BCUT2D eigenvalue weighted by molar-refractivity contribution is 0.0697. The standard InChI is InChI=1S/C17H17NO3/c1-2-4-12-7-9-15(10-8-12)18-16(19)13-5-3-6-14(11-13)17(20)21/h3,5-11H,2,4H2,1H3,(H,18,19)(H,20,21). The van der Waals surface area contributed by atoms with Crippen molar-refractivity contribution in [2.24, 2.45) is 0 Å². The number of carboxylic acid groups (broad SMARTS) is 1. The minimum absolute atomic E-state index is 0.0981. The Labute approximate surface area is 123 Å². The molecule has 0 fully saturated rings. The first kappa shape index (κ1) is 14.8. The Bertz CT molecular complexity index is 647. The summed E-state index contributed by atoms with van der Waals surface area (Å²) in [5.74, 6) is -1.37. The molecule has 2 N–H and O–H groups in total. The van der Waals surface area contributed by atoms with Crippen molar-refractivity contribution in [3.8, 4) is 0 Å². The van der Waals surface area contributed by atoms with Crippen LogP contribution in [0, 0.1) is 0 Å². The molecule has 0 bridgehead atoms. The summed E-state index contributed by atoms with van der Waals surface area (Å²) in [5.41, 5.74) is 2.34. The van der Waals surface area contributed by atoms with Crippen LogP contribution in [0.2, 0.25) is 0 Å². The van der Waals surface area contributed by atoms with Crippen molar-refractivity contribution >= 4 is 17.6 Å². The van der Waals surface area contributed by atoms with Crippen LogP contribution in [0.3, 0.4) is 0 Å². The molecule has 0 heterocycles. The van der Waals surface area contributed by atoms with Crippen molar-refractivity contribution in [1.29, 1.82) is 0 Å². The molecule has 0 aliphatic carbocycles. The summed E-state index contributed by atoms with van der Waals surface area (Å²) >= 11 is 0. The molecular formula is C17H17NO3. The number of aromatic carboxylic acids is 1. The summed E-state index contributed by atoms with van der Waals surface area (Å²) in [7, 11) is 0. The number of hydrogen-bond acceptors (Lipinski definition) is 2. The molecule has 1 amide bonds. The molecule has 2 aromatic carbocycles. The molecule has 4 nitrogen and oxygen atoms in total. The van der Waals surface area contributed by atoms with Gasteiger partial charge in [0.15, 0.2) is 0 Å². The van der Waals surface area contributed by atoms with Gasteiger partial charge in [-0.3, -0.25) is 4.79 Å². The third kappa shape index (κ3) is 3.92. The maximum atomic E-state index is 12.1. The average Bonchev–Trinajstić information content (AvgIpc) is 2.49. The third-order valence-corrected chi connectivity index (χ3v) is 3.12. The first-order chi connectivity index (χ1) is 10.1. The SMILES string of the molecule is CCCc1ccc(NC(=O)c2cccc(C(=O)O)c2)cc1. The highest BCUT2D eigenvalue weighted by molar-refractivity contribution is 6.05. The highest BCUT2D eigenvalue weighted by Crippen LogP contribution is 2.13. The Balaban J connectivity index is 2.10. The van der Waals surface area contributed by atoms with Crippen LogP contribution in [0.15, 0.2) is 48.5 Å². The Morgan fingerprint density at radius 2 is 1.71 bits per heavy atom. The van der Waals surface area contributed by atoms with Crippen molar-refractivity contribution in [2.75, 3.05) is 5.32 Å². The van der Waals surface area contributed by atoms with Gasteiger partial charge in [-0.15, -0.1) is 0 Å². The van der Waals surface area contributed by atoms with Gasteiger partial charge in [0.1, 0.15) is 0 Å². The van der Waals surface area contributed by atoms with Crippen LogP contribution in [-0.2, 0) is 6.42 Å². The zero-order valence-electron chi connectivity index (χ0n) is 11.8. The maximum absolute atomic E-state index is 12.1. The number of aryl methyl sites for hydroxylation is 1. The van der Waals surface area contributed by atoms with Crippen LogP contribution in [0.4, 0.5) is 5.69 Å². The van der Waals surface area contributed by atoms with E-state index in [1.165, 1.54) is 17.7 Å². The fourth-order valence-electron chi connectivity index (χ4n) is 2.04. The zero-order valence-corrected chi connectivity index (χ0v) is 11.8. The fraction of sp³-hybridized carbons (Fsp3) is 0.176. The van der Waals surface area contributed by atoms with Crippen LogP contribution >= 0.6 is 0 Å². The van der Waals surface area contributed by atoms with Gasteiger partial charge >= 0.3 is 5.97 Å². The maximum Gasteiger partial charge on any atom is 0.335 e.